The lowest BCUT2D eigenvalue weighted by molar-refractivity contribution is -0.141. The highest BCUT2D eigenvalue weighted by molar-refractivity contribution is 5.62. The van der Waals surface area contributed by atoms with Crippen LogP contribution in [0.2, 0.25) is 0 Å². The van der Waals surface area contributed by atoms with Crippen molar-refractivity contribution in [2.24, 2.45) is 0 Å². The van der Waals surface area contributed by atoms with Crippen LogP contribution in [0.15, 0.2) is 36.9 Å². The summed E-state index contributed by atoms with van der Waals surface area (Å²) in [5.74, 6) is 0.637. The summed E-state index contributed by atoms with van der Waals surface area (Å²) in [5, 5.41) is 10.7. The Morgan fingerprint density at radius 2 is 1.97 bits per heavy atom. The number of nitrogens with one attached hydrogen (secondary N) is 1. The molecule has 32 heavy (non-hydrogen) atoms. The molecule has 4 aromatic heterocycles. The van der Waals surface area contributed by atoms with E-state index < -0.39 is 11.9 Å². The number of halogens is 3. The number of aryl methyl sites for hydroxylation is 1. The van der Waals surface area contributed by atoms with Crippen molar-refractivity contribution >= 4 is 11.5 Å². The van der Waals surface area contributed by atoms with Crippen LogP contribution in [-0.4, -0.2) is 54.0 Å². The summed E-state index contributed by atoms with van der Waals surface area (Å²) >= 11 is 0. The van der Waals surface area contributed by atoms with E-state index in [-0.39, 0.29) is 12.2 Å². The maximum atomic E-state index is 13.1. The molecule has 166 valence electrons. The Morgan fingerprint density at radius 1 is 1.12 bits per heavy atom. The van der Waals surface area contributed by atoms with Crippen LogP contribution >= 0.6 is 0 Å². The molecular weight excluding hydrogens is 425 g/mol. The number of alkyl halides is 3. The number of anilines is 1. The predicted octanol–water partition coefficient (Wildman–Crippen LogP) is 3.20. The molecule has 0 spiro atoms. The van der Waals surface area contributed by atoms with E-state index in [2.05, 4.69) is 35.1 Å². The van der Waals surface area contributed by atoms with Gasteiger partial charge in [-0.3, -0.25) is 5.10 Å². The maximum Gasteiger partial charge on any atom is 0.435 e. The standard InChI is InChI=1S/C20H19F3N8O/c1-11-8-30(9-16(32-11)13-6-27-28-12(13)2)19-5-14(25-10-26-19)15-7-24-18-4-3-17(20(21,22)23)29-31(15)18/h3-7,10-11,16H,8-9H2,1-2H3,(H,27,28)/t11-,16-/m1/s1. The van der Waals surface area contributed by atoms with Gasteiger partial charge < -0.3 is 9.64 Å². The molecule has 5 rings (SSSR count). The van der Waals surface area contributed by atoms with Crippen molar-refractivity contribution in [1.82, 2.24) is 34.8 Å². The third-order valence-corrected chi connectivity index (χ3v) is 5.37. The van der Waals surface area contributed by atoms with E-state index in [0.29, 0.717) is 35.9 Å². The summed E-state index contributed by atoms with van der Waals surface area (Å²) in [6.45, 7) is 5.06. The second kappa shape index (κ2) is 7.55. The van der Waals surface area contributed by atoms with Gasteiger partial charge in [-0.15, -0.1) is 0 Å². The molecule has 0 aromatic carbocycles. The normalized spacial score (nSPS) is 19.6. The Morgan fingerprint density at radius 3 is 2.72 bits per heavy atom. The highest BCUT2D eigenvalue weighted by atomic mass is 19.4. The summed E-state index contributed by atoms with van der Waals surface area (Å²) < 4.78 is 46.6. The highest BCUT2D eigenvalue weighted by Gasteiger charge is 2.33. The minimum absolute atomic E-state index is 0.0618. The number of hydrogen-bond donors (Lipinski definition) is 1. The van der Waals surface area contributed by atoms with Gasteiger partial charge in [0.05, 0.1) is 30.7 Å². The molecule has 1 fully saturated rings. The van der Waals surface area contributed by atoms with Crippen LogP contribution in [0.5, 0.6) is 0 Å². The molecule has 0 amide bonds. The van der Waals surface area contributed by atoms with Gasteiger partial charge in [0.1, 0.15) is 23.9 Å². The molecule has 12 heteroatoms. The predicted molar refractivity (Wildman–Crippen MR) is 108 cm³/mol. The minimum Gasteiger partial charge on any atom is -0.367 e. The molecule has 1 aliphatic heterocycles. The SMILES string of the molecule is Cc1[nH]ncc1[C@H]1CN(c2cc(-c3cnc4ccc(C(F)(F)F)nn34)ncn2)C[C@@H](C)O1. The first-order chi connectivity index (χ1) is 15.3. The van der Waals surface area contributed by atoms with E-state index in [9.17, 15) is 13.2 Å². The topological polar surface area (TPSA) is 97.1 Å². The van der Waals surface area contributed by atoms with E-state index in [1.807, 2.05) is 13.8 Å². The average Bonchev–Trinajstić information content (AvgIpc) is 3.38. The van der Waals surface area contributed by atoms with Crippen molar-refractivity contribution < 1.29 is 17.9 Å². The van der Waals surface area contributed by atoms with Crippen molar-refractivity contribution in [1.29, 1.82) is 0 Å². The van der Waals surface area contributed by atoms with Crippen molar-refractivity contribution in [2.75, 3.05) is 18.0 Å². The minimum atomic E-state index is -4.56. The zero-order chi connectivity index (χ0) is 22.5. The quantitative estimate of drug-likeness (QED) is 0.518. The van der Waals surface area contributed by atoms with Crippen molar-refractivity contribution in [2.45, 2.75) is 32.2 Å². The first-order valence-corrected chi connectivity index (χ1v) is 9.94. The molecule has 1 aliphatic rings. The number of imidazole rings is 1. The molecule has 0 saturated carbocycles. The zero-order valence-electron chi connectivity index (χ0n) is 17.2. The molecular formula is C20H19F3N8O. The van der Waals surface area contributed by atoms with Gasteiger partial charge in [-0.2, -0.15) is 23.4 Å². The van der Waals surface area contributed by atoms with Crippen LogP contribution in [0.3, 0.4) is 0 Å². The lowest BCUT2D eigenvalue weighted by atomic mass is 10.1. The van der Waals surface area contributed by atoms with Crippen LogP contribution in [-0.2, 0) is 10.9 Å². The number of aromatic nitrogens is 7. The maximum absolute atomic E-state index is 13.1. The number of H-pyrrole nitrogens is 1. The Labute approximate surface area is 180 Å². The monoisotopic (exact) mass is 444 g/mol. The molecule has 1 saturated heterocycles. The number of nitrogens with zero attached hydrogens (tertiary/aromatic N) is 7. The fraction of sp³-hybridized carbons (Fsp3) is 0.350. The second-order valence-electron chi connectivity index (χ2n) is 7.68. The Kier molecular flexibility index (Phi) is 4.81. The van der Waals surface area contributed by atoms with Gasteiger partial charge in [0.25, 0.3) is 0 Å². The smallest absolute Gasteiger partial charge is 0.367 e. The summed E-state index contributed by atoms with van der Waals surface area (Å²) in [7, 11) is 0. The first kappa shape index (κ1) is 20.4. The molecule has 0 aliphatic carbocycles. The molecule has 0 bridgehead atoms. The number of aromatic amines is 1. The van der Waals surface area contributed by atoms with E-state index >= 15 is 0 Å². The molecule has 2 atom stereocenters. The molecule has 5 heterocycles. The Hall–Kier alpha value is -3.54. The van der Waals surface area contributed by atoms with Crippen LogP contribution in [0, 0.1) is 6.92 Å². The third kappa shape index (κ3) is 3.66. The Bertz CT molecular complexity index is 1270. The summed E-state index contributed by atoms with van der Waals surface area (Å²) in [4.78, 5) is 14.9. The van der Waals surface area contributed by atoms with Gasteiger partial charge in [0, 0.05) is 23.9 Å². The first-order valence-electron chi connectivity index (χ1n) is 9.94. The molecule has 9 nitrogen and oxygen atoms in total. The van der Waals surface area contributed by atoms with E-state index in [4.69, 9.17) is 4.74 Å². The molecule has 0 unspecified atom stereocenters. The van der Waals surface area contributed by atoms with E-state index in [1.54, 1.807) is 12.3 Å². The molecule has 4 aromatic rings. The van der Waals surface area contributed by atoms with Crippen LogP contribution in [0.1, 0.15) is 30.0 Å². The fourth-order valence-electron chi connectivity index (χ4n) is 3.85. The van der Waals surface area contributed by atoms with Gasteiger partial charge in [-0.25, -0.2) is 19.5 Å². The summed E-state index contributed by atoms with van der Waals surface area (Å²) in [6, 6.07) is 3.91. The number of fused-ring (bicyclic) bond motifs is 1. The number of hydrogen-bond acceptors (Lipinski definition) is 7. The molecule has 1 N–H and O–H groups in total. The van der Waals surface area contributed by atoms with Gasteiger partial charge in [0.15, 0.2) is 11.3 Å². The van der Waals surface area contributed by atoms with E-state index in [1.165, 1.54) is 18.6 Å². The summed E-state index contributed by atoms with van der Waals surface area (Å²) in [5.41, 5.74) is 1.97. The largest absolute Gasteiger partial charge is 0.435 e. The van der Waals surface area contributed by atoms with Crippen molar-refractivity contribution in [3.63, 3.8) is 0 Å². The highest BCUT2D eigenvalue weighted by Crippen LogP contribution is 2.31. The number of rotatable bonds is 3. The third-order valence-electron chi connectivity index (χ3n) is 5.37. The number of ether oxygens (including phenoxy) is 1. The van der Waals surface area contributed by atoms with Crippen molar-refractivity contribution in [3.8, 4) is 11.4 Å². The second-order valence-corrected chi connectivity index (χ2v) is 7.68. The van der Waals surface area contributed by atoms with Gasteiger partial charge in [-0.05, 0) is 26.0 Å². The lowest BCUT2D eigenvalue weighted by Crippen LogP contribution is -2.43. The zero-order valence-corrected chi connectivity index (χ0v) is 17.2. The van der Waals surface area contributed by atoms with Gasteiger partial charge in [0.2, 0.25) is 0 Å². The van der Waals surface area contributed by atoms with Crippen molar-refractivity contribution in [3.05, 3.63) is 53.9 Å². The van der Waals surface area contributed by atoms with Gasteiger partial charge >= 0.3 is 6.18 Å². The Balaban J connectivity index is 1.49. The fourth-order valence-corrected chi connectivity index (χ4v) is 3.85. The van der Waals surface area contributed by atoms with Gasteiger partial charge in [-0.1, -0.05) is 0 Å². The average molecular weight is 444 g/mol. The van der Waals surface area contributed by atoms with Crippen LogP contribution in [0.4, 0.5) is 19.0 Å². The summed E-state index contributed by atoms with van der Waals surface area (Å²) in [6.07, 6.45) is -0.221. The molecule has 0 radical (unpaired) electrons. The van der Waals surface area contributed by atoms with E-state index in [0.717, 1.165) is 21.8 Å². The van der Waals surface area contributed by atoms with Crippen LogP contribution in [0.25, 0.3) is 17.0 Å². The number of morpholine rings is 1. The lowest BCUT2D eigenvalue weighted by Gasteiger charge is -2.37. The van der Waals surface area contributed by atoms with Crippen LogP contribution < -0.4 is 4.90 Å².